The number of benzene rings is 1. The monoisotopic (exact) mass is 310 g/mol. The minimum absolute atomic E-state index is 0.0296. The Morgan fingerprint density at radius 2 is 2.19 bits per heavy atom. The van der Waals surface area contributed by atoms with Crippen molar-refractivity contribution in [3.05, 3.63) is 22.8 Å². The van der Waals surface area contributed by atoms with Crippen LogP contribution < -0.4 is 14.2 Å². The van der Waals surface area contributed by atoms with E-state index >= 15 is 0 Å². The van der Waals surface area contributed by atoms with Gasteiger partial charge in [0.25, 0.3) is 0 Å². The Labute approximate surface area is 124 Å². The van der Waals surface area contributed by atoms with Crippen LogP contribution in [0.3, 0.4) is 0 Å². The van der Waals surface area contributed by atoms with E-state index in [1.165, 1.54) is 13.2 Å². The number of aromatic carboxylic acids is 1. The van der Waals surface area contributed by atoms with Crippen LogP contribution >= 0.6 is 11.6 Å². The molecule has 0 unspecified atom stereocenters. The van der Waals surface area contributed by atoms with Crippen molar-refractivity contribution < 1.29 is 24.1 Å². The van der Waals surface area contributed by atoms with E-state index < -0.39 is 5.97 Å². The average molecular weight is 311 g/mol. The Balaban J connectivity index is 2.16. The third-order valence-corrected chi connectivity index (χ3v) is 3.36. The predicted molar refractivity (Wildman–Crippen MR) is 73.5 cm³/mol. The molecule has 110 valence electrons. The van der Waals surface area contributed by atoms with Gasteiger partial charge in [-0.25, -0.2) is 4.79 Å². The summed E-state index contributed by atoms with van der Waals surface area (Å²) in [5, 5.41) is 15.6. The van der Waals surface area contributed by atoms with Crippen LogP contribution in [0, 0.1) is 0 Å². The van der Waals surface area contributed by atoms with Gasteiger partial charge in [0.1, 0.15) is 23.9 Å². The summed E-state index contributed by atoms with van der Waals surface area (Å²) in [6.07, 6.45) is 0. The van der Waals surface area contributed by atoms with Crippen LogP contribution in [-0.4, -0.2) is 41.6 Å². The summed E-state index contributed by atoms with van der Waals surface area (Å²) in [6, 6.07) is 3.06. The molecule has 0 atom stereocenters. The standard InChI is InChI=1S/C13H11ClN2O5/c1-19-11-6(7-5-8(13(17)18)16-15-7)4-9-12(10(11)14)21-3-2-20-9/h4-5H,2-3H2,1H3,(H,15,16)(H,17,18). The molecule has 2 N–H and O–H groups in total. The maximum Gasteiger partial charge on any atom is 0.353 e. The van der Waals surface area contributed by atoms with Gasteiger partial charge in [-0.3, -0.25) is 5.10 Å². The summed E-state index contributed by atoms with van der Waals surface area (Å²) in [5.41, 5.74) is 0.886. The van der Waals surface area contributed by atoms with Crippen LogP contribution in [0.25, 0.3) is 11.3 Å². The van der Waals surface area contributed by atoms with Gasteiger partial charge in [-0.05, 0) is 12.1 Å². The fraction of sp³-hybridized carbons (Fsp3) is 0.231. The van der Waals surface area contributed by atoms with Gasteiger partial charge in [-0.2, -0.15) is 5.10 Å². The number of fused-ring (bicyclic) bond motifs is 1. The van der Waals surface area contributed by atoms with E-state index in [1.54, 1.807) is 6.07 Å². The molecule has 1 aliphatic heterocycles. The normalized spacial score (nSPS) is 13.0. The molecule has 21 heavy (non-hydrogen) atoms. The lowest BCUT2D eigenvalue weighted by Crippen LogP contribution is -2.16. The number of rotatable bonds is 3. The first-order chi connectivity index (χ1) is 10.1. The zero-order chi connectivity index (χ0) is 15.0. The number of aromatic nitrogens is 2. The van der Waals surface area contributed by atoms with Crippen molar-refractivity contribution in [3.8, 4) is 28.5 Å². The molecular weight excluding hydrogens is 300 g/mol. The van der Waals surface area contributed by atoms with E-state index in [0.29, 0.717) is 41.7 Å². The molecule has 8 heteroatoms. The number of carbonyl (C=O) groups is 1. The Bertz CT molecular complexity index is 713. The van der Waals surface area contributed by atoms with Gasteiger partial charge >= 0.3 is 5.97 Å². The number of carboxylic acid groups (broad SMARTS) is 1. The number of methoxy groups -OCH3 is 1. The van der Waals surface area contributed by atoms with E-state index in [-0.39, 0.29) is 10.7 Å². The van der Waals surface area contributed by atoms with E-state index in [1.807, 2.05) is 0 Å². The number of ether oxygens (including phenoxy) is 3. The zero-order valence-electron chi connectivity index (χ0n) is 11.0. The summed E-state index contributed by atoms with van der Waals surface area (Å²) in [5.74, 6) is 0.139. The highest BCUT2D eigenvalue weighted by molar-refractivity contribution is 6.34. The van der Waals surface area contributed by atoms with Crippen LogP contribution in [0.5, 0.6) is 17.2 Å². The summed E-state index contributed by atoms with van der Waals surface area (Å²) < 4.78 is 16.3. The molecule has 0 spiro atoms. The highest BCUT2D eigenvalue weighted by atomic mass is 35.5. The quantitative estimate of drug-likeness (QED) is 0.902. The van der Waals surface area contributed by atoms with Gasteiger partial charge in [-0.15, -0.1) is 0 Å². The number of H-pyrrole nitrogens is 1. The van der Waals surface area contributed by atoms with Crippen LogP contribution in [0.4, 0.5) is 0 Å². The first kappa shape index (κ1) is 13.6. The van der Waals surface area contributed by atoms with E-state index in [4.69, 9.17) is 30.9 Å². The molecule has 1 aromatic carbocycles. The van der Waals surface area contributed by atoms with Crippen molar-refractivity contribution >= 4 is 17.6 Å². The van der Waals surface area contributed by atoms with Crippen molar-refractivity contribution in [2.75, 3.05) is 20.3 Å². The van der Waals surface area contributed by atoms with Gasteiger partial charge in [0.05, 0.1) is 12.8 Å². The maximum atomic E-state index is 10.9. The SMILES string of the molecule is COc1c(-c2cc(C(=O)O)[nH]n2)cc2c(c1Cl)OCCO2. The highest BCUT2D eigenvalue weighted by Crippen LogP contribution is 2.48. The number of hydrogen-bond donors (Lipinski definition) is 2. The predicted octanol–water partition coefficient (Wildman–Crippen LogP) is 2.21. The first-order valence-corrected chi connectivity index (χ1v) is 6.44. The van der Waals surface area contributed by atoms with Gasteiger partial charge in [-0.1, -0.05) is 11.6 Å². The molecule has 3 rings (SSSR count). The highest BCUT2D eigenvalue weighted by Gasteiger charge is 2.24. The molecule has 0 saturated carbocycles. The van der Waals surface area contributed by atoms with Crippen LogP contribution in [0.2, 0.25) is 5.02 Å². The van der Waals surface area contributed by atoms with E-state index in [9.17, 15) is 4.79 Å². The first-order valence-electron chi connectivity index (χ1n) is 6.07. The number of aromatic amines is 1. The van der Waals surface area contributed by atoms with Crippen molar-refractivity contribution in [2.45, 2.75) is 0 Å². The molecule has 1 aliphatic rings. The third-order valence-electron chi connectivity index (χ3n) is 3.02. The van der Waals surface area contributed by atoms with Crippen LogP contribution in [0.1, 0.15) is 10.5 Å². The minimum atomic E-state index is -1.10. The van der Waals surface area contributed by atoms with Gasteiger partial charge < -0.3 is 19.3 Å². The Morgan fingerprint density at radius 1 is 1.43 bits per heavy atom. The molecular formula is C13H11ClN2O5. The molecule has 0 fully saturated rings. The second-order valence-electron chi connectivity index (χ2n) is 4.27. The van der Waals surface area contributed by atoms with Gasteiger partial charge in [0.15, 0.2) is 17.2 Å². The molecule has 0 amide bonds. The lowest BCUT2D eigenvalue weighted by molar-refractivity contribution is 0.0690. The zero-order valence-corrected chi connectivity index (χ0v) is 11.7. The third kappa shape index (κ3) is 2.25. The molecule has 0 radical (unpaired) electrons. The Hall–Kier alpha value is -2.41. The van der Waals surface area contributed by atoms with E-state index in [0.717, 1.165) is 0 Å². The van der Waals surface area contributed by atoms with Gasteiger partial charge in [0.2, 0.25) is 0 Å². The van der Waals surface area contributed by atoms with E-state index in [2.05, 4.69) is 10.2 Å². The summed E-state index contributed by atoms with van der Waals surface area (Å²) >= 11 is 6.27. The number of halogens is 1. The number of carboxylic acids is 1. The van der Waals surface area contributed by atoms with Crippen molar-refractivity contribution in [3.63, 3.8) is 0 Å². The van der Waals surface area contributed by atoms with Gasteiger partial charge in [0, 0.05) is 5.56 Å². The number of hydrogen-bond acceptors (Lipinski definition) is 5. The Kier molecular flexibility index (Phi) is 3.34. The topological polar surface area (TPSA) is 93.7 Å². The molecule has 0 bridgehead atoms. The van der Waals surface area contributed by atoms with Crippen molar-refractivity contribution in [1.29, 1.82) is 0 Å². The lowest BCUT2D eigenvalue weighted by atomic mass is 10.1. The molecule has 2 aromatic rings. The lowest BCUT2D eigenvalue weighted by Gasteiger charge is -2.22. The number of nitrogens with zero attached hydrogens (tertiary/aromatic N) is 1. The second-order valence-corrected chi connectivity index (χ2v) is 4.65. The maximum absolute atomic E-state index is 10.9. The summed E-state index contributed by atoms with van der Waals surface area (Å²) in [4.78, 5) is 10.9. The average Bonchev–Trinajstić information content (AvgIpc) is 2.97. The minimum Gasteiger partial charge on any atom is -0.494 e. The Morgan fingerprint density at radius 3 is 2.86 bits per heavy atom. The van der Waals surface area contributed by atoms with Crippen LogP contribution in [0.15, 0.2) is 12.1 Å². The summed E-state index contributed by atoms with van der Waals surface area (Å²) in [7, 11) is 1.46. The smallest absolute Gasteiger partial charge is 0.353 e. The summed E-state index contributed by atoms with van der Waals surface area (Å²) in [6.45, 7) is 0.816. The molecule has 0 saturated heterocycles. The molecule has 1 aromatic heterocycles. The largest absolute Gasteiger partial charge is 0.494 e. The van der Waals surface area contributed by atoms with Crippen LogP contribution in [-0.2, 0) is 0 Å². The van der Waals surface area contributed by atoms with Crippen molar-refractivity contribution in [1.82, 2.24) is 10.2 Å². The molecule has 2 heterocycles. The molecule has 7 nitrogen and oxygen atoms in total. The van der Waals surface area contributed by atoms with Crippen molar-refractivity contribution in [2.24, 2.45) is 0 Å². The molecule has 0 aliphatic carbocycles. The number of nitrogens with one attached hydrogen (secondary N) is 1. The fourth-order valence-corrected chi connectivity index (χ4v) is 2.41. The fourth-order valence-electron chi connectivity index (χ4n) is 2.09. The second kappa shape index (κ2) is 5.17.